The molecule has 1 aromatic rings. The van der Waals surface area contributed by atoms with Crippen LogP contribution in [0.2, 0.25) is 0 Å². The highest BCUT2D eigenvalue weighted by Gasteiger charge is 2.19. The van der Waals surface area contributed by atoms with Gasteiger partial charge in [-0.05, 0) is 49.4 Å². The summed E-state index contributed by atoms with van der Waals surface area (Å²) in [5, 5.41) is 7.04. The third-order valence-electron chi connectivity index (χ3n) is 3.52. The molecule has 1 aliphatic rings. The molecular weight excluding hydrogens is 220 g/mol. The molecule has 0 aromatic heterocycles. The maximum absolute atomic E-state index is 3.54. The summed E-state index contributed by atoms with van der Waals surface area (Å²) in [5.41, 5.74) is 2.81. The van der Waals surface area contributed by atoms with E-state index in [9.17, 15) is 0 Å². The van der Waals surface area contributed by atoms with E-state index in [4.69, 9.17) is 0 Å². The third kappa shape index (κ3) is 4.79. The van der Waals surface area contributed by atoms with Crippen LogP contribution in [-0.2, 0) is 6.54 Å². The Morgan fingerprint density at radius 2 is 1.83 bits per heavy atom. The van der Waals surface area contributed by atoms with E-state index in [1.165, 1.54) is 30.4 Å². The van der Waals surface area contributed by atoms with Crippen LogP contribution >= 0.6 is 0 Å². The molecule has 0 radical (unpaired) electrons. The van der Waals surface area contributed by atoms with Crippen LogP contribution in [0.25, 0.3) is 0 Å². The van der Waals surface area contributed by atoms with Crippen LogP contribution in [-0.4, -0.2) is 19.1 Å². The Balaban J connectivity index is 1.57. The minimum atomic E-state index is 0.625. The molecule has 1 fully saturated rings. The summed E-state index contributed by atoms with van der Waals surface area (Å²) >= 11 is 0. The number of benzene rings is 1. The highest BCUT2D eigenvalue weighted by Crippen LogP contribution is 2.18. The van der Waals surface area contributed by atoms with Gasteiger partial charge in [0.25, 0.3) is 0 Å². The fraction of sp³-hybridized carbons (Fsp3) is 0.625. The van der Waals surface area contributed by atoms with Gasteiger partial charge in [-0.3, -0.25) is 0 Å². The van der Waals surface area contributed by atoms with Crippen LogP contribution < -0.4 is 10.6 Å². The summed E-state index contributed by atoms with van der Waals surface area (Å²) in [6.07, 6.45) is 3.99. The number of hydrogen-bond donors (Lipinski definition) is 2. The van der Waals surface area contributed by atoms with Gasteiger partial charge in [0.2, 0.25) is 0 Å². The van der Waals surface area contributed by atoms with Crippen molar-refractivity contribution in [1.29, 1.82) is 0 Å². The largest absolute Gasteiger partial charge is 0.314 e. The first kappa shape index (κ1) is 13.6. The van der Waals surface area contributed by atoms with Crippen LogP contribution in [0.5, 0.6) is 0 Å². The third-order valence-corrected chi connectivity index (χ3v) is 3.52. The Morgan fingerprint density at radius 3 is 2.44 bits per heavy atom. The zero-order chi connectivity index (χ0) is 12.8. The molecule has 0 saturated heterocycles. The molecule has 0 spiro atoms. The molecular formula is C16H26N2. The average Bonchev–Trinajstić information content (AvgIpc) is 3.18. The van der Waals surface area contributed by atoms with Gasteiger partial charge in [-0.2, -0.15) is 0 Å². The molecule has 0 aliphatic heterocycles. The second-order valence-corrected chi connectivity index (χ2v) is 5.66. The molecule has 0 amide bonds. The minimum Gasteiger partial charge on any atom is -0.314 e. The summed E-state index contributed by atoms with van der Waals surface area (Å²) in [6, 6.07) is 9.82. The van der Waals surface area contributed by atoms with Crippen molar-refractivity contribution < 1.29 is 0 Å². The smallest absolute Gasteiger partial charge is 0.0205 e. The molecule has 1 aliphatic carbocycles. The van der Waals surface area contributed by atoms with E-state index in [1.807, 2.05) is 0 Å². The molecule has 0 heterocycles. The van der Waals surface area contributed by atoms with Crippen molar-refractivity contribution in [3.05, 3.63) is 35.4 Å². The molecule has 2 heteroatoms. The van der Waals surface area contributed by atoms with E-state index < -0.39 is 0 Å². The van der Waals surface area contributed by atoms with E-state index in [0.29, 0.717) is 5.92 Å². The SMILES string of the molecule is CC(C)c1ccc(CNCCCNC2CC2)cc1. The van der Waals surface area contributed by atoms with Gasteiger partial charge in [0.1, 0.15) is 0 Å². The molecule has 1 saturated carbocycles. The van der Waals surface area contributed by atoms with Gasteiger partial charge in [-0.1, -0.05) is 38.1 Å². The summed E-state index contributed by atoms with van der Waals surface area (Å²) < 4.78 is 0. The first-order chi connectivity index (χ1) is 8.75. The van der Waals surface area contributed by atoms with Gasteiger partial charge >= 0.3 is 0 Å². The van der Waals surface area contributed by atoms with E-state index >= 15 is 0 Å². The lowest BCUT2D eigenvalue weighted by Crippen LogP contribution is -2.23. The number of rotatable bonds is 8. The minimum absolute atomic E-state index is 0.625. The van der Waals surface area contributed by atoms with E-state index in [-0.39, 0.29) is 0 Å². The van der Waals surface area contributed by atoms with Crippen molar-refractivity contribution in [2.45, 2.75) is 51.6 Å². The Labute approximate surface area is 111 Å². The summed E-state index contributed by atoms with van der Waals surface area (Å²) in [6.45, 7) is 7.72. The lowest BCUT2D eigenvalue weighted by molar-refractivity contribution is 0.593. The zero-order valence-corrected chi connectivity index (χ0v) is 11.7. The molecule has 2 rings (SSSR count). The number of hydrogen-bond acceptors (Lipinski definition) is 2. The van der Waals surface area contributed by atoms with Crippen molar-refractivity contribution in [3.63, 3.8) is 0 Å². The molecule has 18 heavy (non-hydrogen) atoms. The summed E-state index contributed by atoms with van der Waals surface area (Å²) in [4.78, 5) is 0. The second kappa shape index (κ2) is 6.91. The maximum atomic E-state index is 3.54. The van der Waals surface area contributed by atoms with Crippen LogP contribution in [0.3, 0.4) is 0 Å². The molecule has 0 bridgehead atoms. The molecule has 1 aromatic carbocycles. The van der Waals surface area contributed by atoms with Crippen LogP contribution in [0.15, 0.2) is 24.3 Å². The van der Waals surface area contributed by atoms with Crippen LogP contribution in [0.4, 0.5) is 0 Å². The Kier molecular flexibility index (Phi) is 5.21. The summed E-state index contributed by atoms with van der Waals surface area (Å²) in [7, 11) is 0. The van der Waals surface area contributed by atoms with Gasteiger partial charge in [-0.25, -0.2) is 0 Å². The summed E-state index contributed by atoms with van der Waals surface area (Å²) in [5.74, 6) is 0.625. The molecule has 2 N–H and O–H groups in total. The quantitative estimate of drug-likeness (QED) is 0.689. The lowest BCUT2D eigenvalue weighted by Gasteiger charge is -2.08. The lowest BCUT2D eigenvalue weighted by atomic mass is 10.0. The van der Waals surface area contributed by atoms with Gasteiger partial charge in [0, 0.05) is 12.6 Å². The standard InChI is InChI=1S/C16H26N2/c1-13(2)15-6-4-14(5-7-15)12-17-10-3-11-18-16-8-9-16/h4-7,13,16-18H,3,8-12H2,1-2H3. The molecule has 2 nitrogen and oxygen atoms in total. The van der Waals surface area contributed by atoms with E-state index in [1.54, 1.807) is 0 Å². The fourth-order valence-corrected chi connectivity index (χ4v) is 2.06. The van der Waals surface area contributed by atoms with E-state index in [0.717, 1.165) is 25.7 Å². The maximum Gasteiger partial charge on any atom is 0.0205 e. The topological polar surface area (TPSA) is 24.1 Å². The van der Waals surface area contributed by atoms with Gasteiger partial charge in [0.05, 0.1) is 0 Å². The Hall–Kier alpha value is -0.860. The van der Waals surface area contributed by atoms with Gasteiger partial charge in [-0.15, -0.1) is 0 Å². The normalized spacial score (nSPS) is 15.3. The van der Waals surface area contributed by atoms with Gasteiger partial charge < -0.3 is 10.6 Å². The zero-order valence-electron chi connectivity index (χ0n) is 11.7. The molecule has 0 atom stereocenters. The van der Waals surface area contributed by atoms with E-state index in [2.05, 4.69) is 48.7 Å². The first-order valence-electron chi connectivity index (χ1n) is 7.28. The monoisotopic (exact) mass is 246 g/mol. The van der Waals surface area contributed by atoms with Crippen molar-refractivity contribution in [2.24, 2.45) is 0 Å². The van der Waals surface area contributed by atoms with Crippen molar-refractivity contribution in [2.75, 3.05) is 13.1 Å². The molecule has 100 valence electrons. The fourth-order valence-electron chi connectivity index (χ4n) is 2.06. The van der Waals surface area contributed by atoms with Gasteiger partial charge in [0.15, 0.2) is 0 Å². The second-order valence-electron chi connectivity index (χ2n) is 5.66. The highest BCUT2D eigenvalue weighted by atomic mass is 14.9. The van der Waals surface area contributed by atoms with Crippen molar-refractivity contribution in [3.8, 4) is 0 Å². The van der Waals surface area contributed by atoms with Crippen molar-refractivity contribution >= 4 is 0 Å². The first-order valence-corrected chi connectivity index (χ1v) is 7.28. The Morgan fingerprint density at radius 1 is 1.11 bits per heavy atom. The average molecular weight is 246 g/mol. The Bertz CT molecular complexity index is 339. The van der Waals surface area contributed by atoms with Crippen LogP contribution in [0.1, 0.15) is 50.2 Å². The predicted octanol–water partition coefficient (Wildman–Crippen LogP) is 3.04. The predicted molar refractivity (Wildman–Crippen MR) is 77.9 cm³/mol. The van der Waals surface area contributed by atoms with Crippen LogP contribution in [0, 0.1) is 0 Å². The van der Waals surface area contributed by atoms with Crippen molar-refractivity contribution in [1.82, 2.24) is 10.6 Å². The molecule has 0 unspecified atom stereocenters. The highest BCUT2D eigenvalue weighted by molar-refractivity contribution is 5.24. The number of nitrogens with one attached hydrogen (secondary N) is 2.